The molecule has 3 N–H and O–H groups in total. The van der Waals surface area contributed by atoms with E-state index in [1.165, 1.54) is 0 Å². The van der Waals surface area contributed by atoms with Gasteiger partial charge in [0.25, 0.3) is 0 Å². The number of hydrogen-bond acceptors (Lipinski definition) is 3. The Kier molecular flexibility index (Phi) is 3.49. The van der Waals surface area contributed by atoms with Crippen LogP contribution >= 0.6 is 7.82 Å². The van der Waals surface area contributed by atoms with Gasteiger partial charge >= 0.3 is 7.82 Å². The molecule has 0 aliphatic carbocycles. The fourth-order valence-corrected chi connectivity index (χ4v) is 0.463. The molecule has 0 aromatic rings. The largest absolute Gasteiger partial charge is 0.516 e. The molecule has 6 heteroatoms. The zero-order valence-corrected chi connectivity index (χ0v) is 5.36. The van der Waals surface area contributed by atoms with Crippen LogP contribution in [0.2, 0.25) is 0 Å². The van der Waals surface area contributed by atoms with Crippen molar-refractivity contribution in [1.29, 1.82) is 0 Å². The van der Waals surface area contributed by atoms with Gasteiger partial charge in [-0.1, -0.05) is 0 Å². The van der Waals surface area contributed by atoms with Gasteiger partial charge in [0.1, 0.15) is 0 Å². The van der Waals surface area contributed by atoms with Gasteiger partial charge in [-0.2, -0.15) is 0 Å². The Morgan fingerprint density at radius 1 is 1.56 bits per heavy atom. The van der Waals surface area contributed by atoms with Gasteiger partial charge in [-0.05, 0) is 6.08 Å². The molecule has 0 aromatic heterocycles. The van der Waals surface area contributed by atoms with Gasteiger partial charge in [0, 0.05) is 0 Å². The lowest BCUT2D eigenvalue weighted by Gasteiger charge is -1.99. The summed E-state index contributed by atoms with van der Waals surface area (Å²) in [5.74, 6) is 0. The summed E-state index contributed by atoms with van der Waals surface area (Å²) >= 11 is 0. The van der Waals surface area contributed by atoms with Crippen LogP contribution in [-0.2, 0) is 9.09 Å². The molecule has 0 atom stereocenters. The number of rotatable bonds is 3. The van der Waals surface area contributed by atoms with Crippen molar-refractivity contribution < 1.29 is 24.0 Å². The minimum absolute atomic E-state index is 0.291. The van der Waals surface area contributed by atoms with Crippen LogP contribution in [0.15, 0.2) is 12.3 Å². The Labute approximate surface area is 51.8 Å². The predicted octanol–water partition coefficient (Wildman–Crippen LogP) is 0.167. The molecule has 5 nitrogen and oxygen atoms in total. The Morgan fingerprint density at radius 2 is 2.11 bits per heavy atom. The van der Waals surface area contributed by atoms with E-state index >= 15 is 0 Å². The molecular weight excluding hydrogens is 147 g/mol. The van der Waals surface area contributed by atoms with Crippen LogP contribution in [-0.4, -0.2) is 21.5 Å². The SMILES string of the molecule is O=P(O)(O)OC/C=C/O. The highest BCUT2D eigenvalue weighted by atomic mass is 31.2. The predicted molar refractivity (Wildman–Crippen MR) is 29.8 cm³/mol. The maximum absolute atomic E-state index is 9.86. The van der Waals surface area contributed by atoms with Crippen molar-refractivity contribution >= 4 is 7.82 Å². The zero-order chi connectivity index (χ0) is 7.33. The number of phosphoric ester groups is 1. The molecule has 0 aliphatic rings. The third-order valence-corrected chi connectivity index (χ3v) is 0.930. The highest BCUT2D eigenvalue weighted by Gasteiger charge is 2.10. The Balaban J connectivity index is 3.40. The Bertz CT molecular complexity index is 135. The van der Waals surface area contributed by atoms with E-state index in [0.29, 0.717) is 6.26 Å². The average Bonchev–Trinajstić information content (AvgIpc) is 1.63. The molecule has 54 valence electrons. The summed E-state index contributed by atoms with van der Waals surface area (Å²) in [6.07, 6.45) is 1.72. The summed E-state index contributed by atoms with van der Waals surface area (Å²) in [6, 6.07) is 0. The summed E-state index contributed by atoms with van der Waals surface area (Å²) in [5.41, 5.74) is 0. The van der Waals surface area contributed by atoms with Gasteiger partial charge in [0.15, 0.2) is 0 Å². The molecule has 0 rings (SSSR count). The van der Waals surface area contributed by atoms with Gasteiger partial charge in [-0.25, -0.2) is 4.57 Å². The number of phosphoric acid groups is 1. The minimum Gasteiger partial charge on any atom is -0.516 e. The third kappa shape index (κ3) is 7.65. The first-order chi connectivity index (χ1) is 4.06. The minimum atomic E-state index is -4.36. The second kappa shape index (κ2) is 3.63. The van der Waals surface area contributed by atoms with Crippen molar-refractivity contribution in [3.63, 3.8) is 0 Å². The molecular formula is C3H7O5P. The summed E-state index contributed by atoms with van der Waals surface area (Å²) in [6.45, 7) is -0.291. The molecule has 0 aliphatic heterocycles. The lowest BCUT2D eigenvalue weighted by molar-refractivity contribution is 0.215. The van der Waals surface area contributed by atoms with E-state index in [1.807, 2.05) is 0 Å². The summed E-state index contributed by atoms with van der Waals surface area (Å²) in [7, 11) is -4.36. The number of aliphatic hydroxyl groups excluding tert-OH is 1. The van der Waals surface area contributed by atoms with Crippen LogP contribution in [0.5, 0.6) is 0 Å². The second-order valence-electron chi connectivity index (χ2n) is 1.17. The highest BCUT2D eigenvalue weighted by molar-refractivity contribution is 7.46. The van der Waals surface area contributed by atoms with Crippen molar-refractivity contribution in [1.82, 2.24) is 0 Å². The summed E-state index contributed by atoms with van der Waals surface area (Å²) < 4.78 is 13.8. The van der Waals surface area contributed by atoms with Gasteiger partial charge in [0.2, 0.25) is 0 Å². The van der Waals surface area contributed by atoms with Gasteiger partial charge in [-0.15, -0.1) is 0 Å². The zero-order valence-electron chi connectivity index (χ0n) is 4.47. The monoisotopic (exact) mass is 154 g/mol. The Hall–Kier alpha value is -0.350. The topological polar surface area (TPSA) is 87.0 Å². The van der Waals surface area contributed by atoms with E-state index in [9.17, 15) is 4.57 Å². The van der Waals surface area contributed by atoms with Crippen LogP contribution in [0, 0.1) is 0 Å². The van der Waals surface area contributed by atoms with Crippen LogP contribution in [0.25, 0.3) is 0 Å². The van der Waals surface area contributed by atoms with E-state index in [2.05, 4.69) is 4.52 Å². The lowest BCUT2D eigenvalue weighted by atomic mass is 10.7. The quantitative estimate of drug-likeness (QED) is 0.398. The lowest BCUT2D eigenvalue weighted by Crippen LogP contribution is -1.86. The molecule has 0 fully saturated rings. The average molecular weight is 154 g/mol. The molecule has 9 heavy (non-hydrogen) atoms. The van der Waals surface area contributed by atoms with Crippen molar-refractivity contribution in [3.8, 4) is 0 Å². The molecule has 0 saturated heterocycles. The van der Waals surface area contributed by atoms with Crippen molar-refractivity contribution in [2.45, 2.75) is 0 Å². The van der Waals surface area contributed by atoms with Crippen LogP contribution < -0.4 is 0 Å². The second-order valence-corrected chi connectivity index (χ2v) is 2.41. The van der Waals surface area contributed by atoms with Crippen LogP contribution in [0.3, 0.4) is 0 Å². The fourth-order valence-electron chi connectivity index (χ4n) is 0.183. The molecule has 0 aromatic carbocycles. The maximum Gasteiger partial charge on any atom is 0.469 e. The third-order valence-electron chi connectivity index (χ3n) is 0.444. The molecule has 0 radical (unpaired) electrons. The van der Waals surface area contributed by atoms with Gasteiger partial charge < -0.3 is 14.9 Å². The van der Waals surface area contributed by atoms with E-state index < -0.39 is 7.82 Å². The molecule has 0 heterocycles. The van der Waals surface area contributed by atoms with E-state index in [1.54, 1.807) is 0 Å². The van der Waals surface area contributed by atoms with Gasteiger partial charge in [-0.3, -0.25) is 4.52 Å². The van der Waals surface area contributed by atoms with E-state index in [0.717, 1.165) is 6.08 Å². The van der Waals surface area contributed by atoms with Crippen LogP contribution in [0.1, 0.15) is 0 Å². The van der Waals surface area contributed by atoms with Gasteiger partial charge in [0.05, 0.1) is 12.9 Å². The molecule has 0 saturated carbocycles. The van der Waals surface area contributed by atoms with Crippen LogP contribution in [0.4, 0.5) is 0 Å². The fraction of sp³-hybridized carbons (Fsp3) is 0.333. The summed E-state index contributed by atoms with van der Waals surface area (Å²) in [5, 5.41) is 7.95. The summed E-state index contributed by atoms with van der Waals surface area (Å²) in [4.78, 5) is 16.0. The van der Waals surface area contributed by atoms with E-state index in [-0.39, 0.29) is 6.61 Å². The first kappa shape index (κ1) is 8.65. The first-order valence-electron chi connectivity index (χ1n) is 2.05. The van der Waals surface area contributed by atoms with Crippen molar-refractivity contribution in [2.75, 3.05) is 6.61 Å². The normalized spacial score (nSPS) is 12.7. The number of hydrogen-bond donors (Lipinski definition) is 3. The molecule has 0 amide bonds. The smallest absolute Gasteiger partial charge is 0.469 e. The van der Waals surface area contributed by atoms with Crippen molar-refractivity contribution in [2.24, 2.45) is 0 Å². The molecule has 0 unspecified atom stereocenters. The standard InChI is InChI=1S/C3H7O5P/c4-2-1-3-8-9(5,6)7/h1-2,4H,3H2,(H2,5,6,7)/b2-1+. The molecule has 0 spiro atoms. The maximum atomic E-state index is 9.86. The highest BCUT2D eigenvalue weighted by Crippen LogP contribution is 2.35. The van der Waals surface area contributed by atoms with Crippen molar-refractivity contribution in [3.05, 3.63) is 12.3 Å². The van der Waals surface area contributed by atoms with E-state index in [4.69, 9.17) is 14.9 Å². The first-order valence-corrected chi connectivity index (χ1v) is 3.58. The Morgan fingerprint density at radius 3 is 2.44 bits per heavy atom. The molecule has 0 bridgehead atoms. The number of aliphatic hydroxyl groups is 1.